The van der Waals surface area contributed by atoms with Crippen molar-refractivity contribution >= 4 is 77.2 Å². The maximum atomic E-state index is 12.9. The van der Waals surface area contributed by atoms with Crippen LogP contribution < -0.4 is 5.32 Å². The number of likely N-dealkylation sites (tertiary alicyclic amines) is 1. The van der Waals surface area contributed by atoms with Gasteiger partial charge >= 0.3 is 5.97 Å². The van der Waals surface area contributed by atoms with Crippen molar-refractivity contribution in [3.8, 4) is 0 Å². The molecule has 4 rings (SSSR count). The van der Waals surface area contributed by atoms with E-state index in [9.17, 15) is 19.2 Å². The zero-order valence-electron chi connectivity index (χ0n) is 17.4. The molecule has 32 heavy (non-hydrogen) atoms. The number of hydrogen-bond acceptors (Lipinski definition) is 5. The van der Waals surface area contributed by atoms with E-state index in [0.29, 0.717) is 5.69 Å². The number of imide groups is 1. The lowest BCUT2D eigenvalue weighted by Crippen LogP contribution is -2.37. The van der Waals surface area contributed by atoms with E-state index >= 15 is 0 Å². The monoisotopic (exact) mass is 632 g/mol. The molecule has 3 amide bonds. The van der Waals surface area contributed by atoms with Gasteiger partial charge < -0.3 is 10.1 Å². The van der Waals surface area contributed by atoms with Crippen LogP contribution in [0, 0.1) is 23.7 Å². The van der Waals surface area contributed by atoms with Crippen molar-refractivity contribution in [2.24, 2.45) is 23.7 Å². The Morgan fingerprint density at radius 1 is 1.12 bits per heavy atom. The summed E-state index contributed by atoms with van der Waals surface area (Å²) in [6.07, 6.45) is 1.47. The van der Waals surface area contributed by atoms with Crippen molar-refractivity contribution in [2.45, 2.75) is 35.8 Å². The molecule has 1 aliphatic heterocycles. The summed E-state index contributed by atoms with van der Waals surface area (Å²) >= 11 is 10.7. The molecule has 3 aliphatic rings. The highest BCUT2D eigenvalue weighted by Crippen LogP contribution is 2.60. The van der Waals surface area contributed by atoms with Crippen LogP contribution in [-0.2, 0) is 30.3 Å². The van der Waals surface area contributed by atoms with Crippen molar-refractivity contribution in [1.82, 2.24) is 4.90 Å². The van der Waals surface area contributed by atoms with Gasteiger partial charge in [0.15, 0.2) is 6.61 Å². The van der Waals surface area contributed by atoms with E-state index in [1.807, 2.05) is 19.1 Å². The molecule has 6 atom stereocenters. The van der Waals surface area contributed by atoms with Gasteiger partial charge in [0, 0.05) is 26.4 Å². The Bertz CT molecular complexity index is 939. The van der Waals surface area contributed by atoms with Crippen molar-refractivity contribution in [3.05, 3.63) is 28.2 Å². The number of aryl methyl sites for hydroxylation is 1. The molecule has 1 aromatic rings. The zero-order valence-corrected chi connectivity index (χ0v) is 22.1. The number of carbonyl (C=O) groups excluding carboxylic acids is 4. The van der Waals surface area contributed by atoms with Gasteiger partial charge in [-0.05, 0) is 48.4 Å². The molecular formula is C22H23Br3N2O5. The number of esters is 1. The van der Waals surface area contributed by atoms with Crippen LogP contribution in [0.5, 0.6) is 0 Å². The minimum absolute atomic E-state index is 0.0167. The van der Waals surface area contributed by atoms with Gasteiger partial charge in [0.05, 0.1) is 18.3 Å². The molecule has 10 heteroatoms. The number of nitrogens with zero attached hydrogens (tertiary/aromatic N) is 1. The lowest BCUT2D eigenvalue weighted by molar-refractivity contribution is -0.149. The van der Waals surface area contributed by atoms with Crippen LogP contribution in [0.2, 0.25) is 0 Å². The molecule has 1 heterocycles. The highest BCUT2D eigenvalue weighted by Gasteiger charge is 2.66. The fourth-order valence-corrected chi connectivity index (χ4v) is 7.50. The van der Waals surface area contributed by atoms with Gasteiger partial charge in [0.2, 0.25) is 11.8 Å². The van der Waals surface area contributed by atoms with E-state index in [1.165, 1.54) is 4.90 Å². The molecule has 172 valence electrons. The number of halogens is 3. The highest BCUT2D eigenvalue weighted by molar-refractivity contribution is 9.12. The Morgan fingerprint density at radius 2 is 1.75 bits per heavy atom. The molecule has 3 fully saturated rings. The molecule has 1 saturated heterocycles. The van der Waals surface area contributed by atoms with Crippen LogP contribution in [0.4, 0.5) is 5.69 Å². The van der Waals surface area contributed by atoms with Gasteiger partial charge in [-0.15, -0.1) is 0 Å². The predicted molar refractivity (Wildman–Crippen MR) is 128 cm³/mol. The number of nitrogens with one attached hydrogen (secondary N) is 1. The molecule has 0 radical (unpaired) electrons. The number of carbonyl (C=O) groups is 4. The summed E-state index contributed by atoms with van der Waals surface area (Å²) in [5.41, 5.74) is 1.63. The van der Waals surface area contributed by atoms with Crippen LogP contribution in [-0.4, -0.2) is 51.4 Å². The van der Waals surface area contributed by atoms with E-state index in [4.69, 9.17) is 4.74 Å². The third kappa shape index (κ3) is 4.30. The van der Waals surface area contributed by atoms with Crippen LogP contribution in [0.3, 0.4) is 0 Å². The Balaban J connectivity index is 1.26. The number of alkyl halides is 2. The van der Waals surface area contributed by atoms with E-state index in [1.54, 1.807) is 6.07 Å². The van der Waals surface area contributed by atoms with Crippen molar-refractivity contribution in [2.75, 3.05) is 18.5 Å². The summed E-state index contributed by atoms with van der Waals surface area (Å²) in [7, 11) is 0. The standard InChI is InChI=1S/C22H23Br3N2O5/c1-2-10-7-11(23)3-4-14(10)26-15(28)9-32-16(29)5-6-27-21(30)17-12-8-13(18(17)22(27)31)20(25)19(12)24/h3-4,7,12-13,17-20H,2,5-6,8-9H2,1H3,(H,26,28)/t12-,13-,17-,18+,19-,20+/m1/s1. The van der Waals surface area contributed by atoms with Crippen molar-refractivity contribution in [3.63, 3.8) is 0 Å². The Morgan fingerprint density at radius 3 is 2.34 bits per heavy atom. The maximum absolute atomic E-state index is 12.9. The molecule has 2 bridgehead atoms. The predicted octanol–water partition coefficient (Wildman–Crippen LogP) is 3.66. The van der Waals surface area contributed by atoms with E-state index < -0.39 is 18.5 Å². The molecule has 0 unspecified atom stereocenters. The second kappa shape index (κ2) is 9.54. The molecule has 1 aromatic carbocycles. The molecule has 7 nitrogen and oxygen atoms in total. The Hall–Kier alpha value is -1.26. The summed E-state index contributed by atoms with van der Waals surface area (Å²) in [6.45, 7) is 1.54. The lowest BCUT2D eigenvalue weighted by Gasteiger charge is -2.28. The van der Waals surface area contributed by atoms with Gasteiger partial charge in [-0.3, -0.25) is 24.1 Å². The summed E-state index contributed by atoms with van der Waals surface area (Å²) in [6, 6.07) is 5.52. The smallest absolute Gasteiger partial charge is 0.308 e. The number of benzene rings is 1. The first-order chi connectivity index (χ1) is 15.2. The number of ether oxygens (including phenoxy) is 1. The number of hydrogen-bond donors (Lipinski definition) is 1. The summed E-state index contributed by atoms with van der Waals surface area (Å²) in [4.78, 5) is 51.6. The summed E-state index contributed by atoms with van der Waals surface area (Å²) in [5, 5.41) is 2.74. The average molecular weight is 635 g/mol. The van der Waals surface area contributed by atoms with E-state index in [2.05, 4.69) is 53.1 Å². The molecule has 2 saturated carbocycles. The fraction of sp³-hybridized carbons (Fsp3) is 0.545. The first-order valence-corrected chi connectivity index (χ1v) is 13.2. The van der Waals surface area contributed by atoms with Crippen LogP contribution >= 0.6 is 47.8 Å². The third-order valence-electron chi connectivity index (χ3n) is 6.70. The van der Waals surface area contributed by atoms with Gasteiger partial charge in [0.1, 0.15) is 0 Å². The second-order valence-corrected chi connectivity index (χ2v) is 11.5. The Labute approximate surface area is 211 Å². The van der Waals surface area contributed by atoms with Gasteiger partial charge in [-0.2, -0.15) is 0 Å². The van der Waals surface area contributed by atoms with Crippen LogP contribution in [0.15, 0.2) is 22.7 Å². The normalized spacial score (nSPS) is 30.6. The number of anilines is 1. The minimum atomic E-state index is -0.621. The van der Waals surface area contributed by atoms with Crippen LogP contribution in [0.25, 0.3) is 0 Å². The zero-order chi connectivity index (χ0) is 23.2. The van der Waals surface area contributed by atoms with Gasteiger partial charge in [0.25, 0.3) is 5.91 Å². The number of fused-ring (bicyclic) bond motifs is 5. The summed E-state index contributed by atoms with van der Waals surface area (Å²) < 4.78 is 5.98. The largest absolute Gasteiger partial charge is 0.456 e. The molecular weight excluding hydrogens is 612 g/mol. The first-order valence-electron chi connectivity index (χ1n) is 10.6. The highest BCUT2D eigenvalue weighted by atomic mass is 79.9. The SMILES string of the molecule is CCc1cc(Br)ccc1NC(=O)COC(=O)CCN1C(=O)[C@@H]2[C@H]3C[C@@H]([C@H](Br)[C@@H]3Br)[C@@H]2C1=O. The molecule has 1 N–H and O–H groups in total. The van der Waals surface area contributed by atoms with Gasteiger partial charge in [-0.25, -0.2) is 0 Å². The Kier molecular flexibility index (Phi) is 7.12. The quantitative estimate of drug-likeness (QED) is 0.281. The lowest BCUT2D eigenvalue weighted by atomic mass is 9.81. The minimum Gasteiger partial charge on any atom is -0.456 e. The number of amides is 3. The summed E-state index contributed by atoms with van der Waals surface area (Å²) in [5.74, 6) is -1.77. The van der Waals surface area contributed by atoms with Crippen LogP contribution in [0.1, 0.15) is 25.3 Å². The molecule has 0 aromatic heterocycles. The van der Waals surface area contributed by atoms with Crippen molar-refractivity contribution < 1.29 is 23.9 Å². The average Bonchev–Trinajstić information content (AvgIpc) is 3.37. The van der Waals surface area contributed by atoms with Crippen molar-refractivity contribution in [1.29, 1.82) is 0 Å². The second-order valence-electron chi connectivity index (χ2n) is 8.45. The van der Waals surface area contributed by atoms with Gasteiger partial charge in [-0.1, -0.05) is 54.7 Å². The molecule has 0 spiro atoms. The third-order valence-corrected chi connectivity index (χ3v) is 10.4. The maximum Gasteiger partial charge on any atom is 0.308 e. The molecule has 2 aliphatic carbocycles. The fourth-order valence-electron chi connectivity index (χ4n) is 5.22. The first kappa shape index (κ1) is 23.9. The number of rotatable bonds is 7. The van der Waals surface area contributed by atoms with E-state index in [0.717, 1.165) is 22.9 Å². The topological polar surface area (TPSA) is 92.8 Å². The van der Waals surface area contributed by atoms with E-state index in [-0.39, 0.29) is 58.1 Å².